The van der Waals surface area contributed by atoms with Gasteiger partial charge < -0.3 is 33.8 Å². The average Bonchev–Trinajstić information content (AvgIpc) is 3.42. The maximum atomic E-state index is 12.9. The second-order valence-corrected chi connectivity index (χ2v) is 24.9. The van der Waals surface area contributed by atoms with Gasteiger partial charge in [0.1, 0.15) is 19.3 Å². The smallest absolute Gasteiger partial charge is 0.462 e. The molecule has 3 N–H and O–H groups in total. The lowest BCUT2D eigenvalue weighted by molar-refractivity contribution is -0.161. The number of ether oxygens (including phenoxy) is 4. The van der Waals surface area contributed by atoms with Crippen LogP contribution in [0.2, 0.25) is 0 Å². The molecule has 0 saturated carbocycles. The summed E-state index contributed by atoms with van der Waals surface area (Å²) in [6.07, 6.45) is 36.2. The quantitative estimate of drug-likeness (QED) is 0.0222. The number of hydrogen-bond donors (Lipinski definition) is 3. The molecule has 0 aromatic carbocycles. The van der Waals surface area contributed by atoms with Crippen LogP contribution in [0.3, 0.4) is 0 Å². The average molecular weight is 1170 g/mol. The minimum Gasteiger partial charge on any atom is -0.462 e. The Morgan fingerprint density at radius 3 is 0.899 bits per heavy atom. The summed E-state index contributed by atoms with van der Waals surface area (Å²) in [5.74, 6) is -1.41. The molecule has 0 bridgehead atoms. The summed E-state index contributed by atoms with van der Waals surface area (Å²) in [4.78, 5) is 71.9. The van der Waals surface area contributed by atoms with Crippen molar-refractivity contribution in [2.45, 2.75) is 316 Å². The van der Waals surface area contributed by atoms with Gasteiger partial charge in [-0.05, 0) is 31.6 Å². The van der Waals surface area contributed by atoms with E-state index in [1.54, 1.807) is 0 Å². The number of phosphoric acid groups is 2. The molecule has 0 aromatic heterocycles. The number of unbranched alkanes of at least 4 members (excludes halogenated alkanes) is 31. The Bertz CT molecular complexity index is 1550. The van der Waals surface area contributed by atoms with Crippen molar-refractivity contribution >= 4 is 39.5 Å². The van der Waals surface area contributed by atoms with E-state index in [1.807, 2.05) is 0 Å². The fraction of sp³-hybridized carbons (Fsp3) is 0.933. The zero-order chi connectivity index (χ0) is 58.5. The standard InChI is InChI=1S/C60H116O17P2/c1-6-10-13-16-19-21-23-24-26-29-36-41-46-60(65)77-56(50-71-58(63)44-39-34-31-30-32-37-42-53(5)9-4)52-75-79(68,69)73-48-54(61)47-72-78(66,67)74-51-55(49-70-57(62)43-38-33-27-18-15-12-8-3)76-59(64)45-40-35-28-25-22-20-17-14-11-7-2/h53-56,61H,6-52H2,1-5H3,(H,66,67)(H,68,69)/t53?,54-,55+,56+/m0/s1. The van der Waals surface area contributed by atoms with Crippen LogP contribution in [0, 0.1) is 5.92 Å². The van der Waals surface area contributed by atoms with Gasteiger partial charge in [-0.15, -0.1) is 0 Å². The fourth-order valence-corrected chi connectivity index (χ4v) is 10.4. The summed E-state index contributed by atoms with van der Waals surface area (Å²) in [6.45, 7) is 7.08. The highest BCUT2D eigenvalue weighted by molar-refractivity contribution is 7.47. The molecule has 0 amide bonds. The van der Waals surface area contributed by atoms with Gasteiger partial charge in [-0.2, -0.15) is 0 Å². The van der Waals surface area contributed by atoms with Crippen LogP contribution in [0.5, 0.6) is 0 Å². The van der Waals surface area contributed by atoms with Gasteiger partial charge in [0, 0.05) is 25.7 Å². The summed E-state index contributed by atoms with van der Waals surface area (Å²) in [6, 6.07) is 0. The SMILES string of the molecule is CCCCCCCCCCCCCCC(=O)O[C@H](COC(=O)CCCCCCCCC(C)CC)COP(=O)(O)OC[C@@H](O)COP(=O)(O)OC[C@@H](COC(=O)CCCCCCCCC)OC(=O)CCCCCCCCCCCC. The Balaban J connectivity index is 5.22. The largest absolute Gasteiger partial charge is 0.472 e. The van der Waals surface area contributed by atoms with Crippen LogP contribution < -0.4 is 0 Å². The van der Waals surface area contributed by atoms with Crippen LogP contribution in [0.1, 0.15) is 298 Å². The molecule has 6 atom stereocenters. The van der Waals surface area contributed by atoms with Crippen LogP contribution in [-0.4, -0.2) is 96.7 Å². The normalized spacial score (nSPS) is 14.7. The molecule has 0 fully saturated rings. The Labute approximate surface area is 479 Å². The van der Waals surface area contributed by atoms with Crippen molar-refractivity contribution in [3.8, 4) is 0 Å². The zero-order valence-corrected chi connectivity index (χ0v) is 52.3. The third kappa shape index (κ3) is 53.8. The fourth-order valence-electron chi connectivity index (χ4n) is 8.84. The third-order valence-electron chi connectivity index (χ3n) is 14.1. The van der Waals surface area contributed by atoms with Gasteiger partial charge in [-0.1, -0.05) is 247 Å². The van der Waals surface area contributed by atoms with E-state index in [4.69, 9.17) is 37.0 Å². The van der Waals surface area contributed by atoms with E-state index in [0.717, 1.165) is 115 Å². The number of esters is 4. The number of hydrogen-bond acceptors (Lipinski definition) is 15. The second-order valence-electron chi connectivity index (χ2n) is 22.0. The molecular weight excluding hydrogens is 1050 g/mol. The Morgan fingerprint density at radius 1 is 0.354 bits per heavy atom. The highest BCUT2D eigenvalue weighted by atomic mass is 31.2. The van der Waals surface area contributed by atoms with E-state index in [0.29, 0.717) is 25.7 Å². The first-order valence-electron chi connectivity index (χ1n) is 31.7. The van der Waals surface area contributed by atoms with E-state index >= 15 is 0 Å². The summed E-state index contributed by atoms with van der Waals surface area (Å²) in [5.41, 5.74) is 0. The van der Waals surface area contributed by atoms with Gasteiger partial charge >= 0.3 is 39.5 Å². The van der Waals surface area contributed by atoms with Crippen molar-refractivity contribution in [3.05, 3.63) is 0 Å². The topological polar surface area (TPSA) is 237 Å². The molecule has 0 saturated heterocycles. The van der Waals surface area contributed by atoms with Crippen LogP contribution >= 0.6 is 15.6 Å². The number of aliphatic hydroxyl groups excluding tert-OH is 1. The predicted octanol–water partition coefficient (Wildman–Crippen LogP) is 16.2. The summed E-state index contributed by atoms with van der Waals surface area (Å²) < 4.78 is 67.7. The van der Waals surface area contributed by atoms with Gasteiger partial charge in [0.25, 0.3) is 0 Å². The highest BCUT2D eigenvalue weighted by Gasteiger charge is 2.30. The van der Waals surface area contributed by atoms with E-state index in [1.165, 1.54) is 103 Å². The highest BCUT2D eigenvalue weighted by Crippen LogP contribution is 2.45. The van der Waals surface area contributed by atoms with E-state index in [-0.39, 0.29) is 25.7 Å². The van der Waals surface area contributed by atoms with E-state index in [9.17, 15) is 43.2 Å². The monoisotopic (exact) mass is 1170 g/mol. The number of carbonyl (C=O) groups is 4. The number of phosphoric ester groups is 2. The van der Waals surface area contributed by atoms with Crippen LogP contribution in [0.15, 0.2) is 0 Å². The summed E-state index contributed by atoms with van der Waals surface area (Å²) in [5, 5.41) is 10.5. The molecule has 0 aliphatic heterocycles. The first-order valence-corrected chi connectivity index (χ1v) is 34.7. The van der Waals surface area contributed by atoms with Crippen LogP contribution in [-0.2, 0) is 65.4 Å². The minimum absolute atomic E-state index is 0.106. The molecule has 79 heavy (non-hydrogen) atoms. The first-order chi connectivity index (χ1) is 38.1. The van der Waals surface area contributed by atoms with Crippen molar-refractivity contribution in [2.75, 3.05) is 39.6 Å². The van der Waals surface area contributed by atoms with Gasteiger partial charge in [0.15, 0.2) is 12.2 Å². The first kappa shape index (κ1) is 77.1. The molecule has 3 unspecified atom stereocenters. The molecule has 0 aliphatic rings. The molecule has 0 aromatic rings. The third-order valence-corrected chi connectivity index (χ3v) is 16.0. The molecule has 0 spiro atoms. The van der Waals surface area contributed by atoms with E-state index in [2.05, 4.69) is 34.6 Å². The molecule has 17 nitrogen and oxygen atoms in total. The summed E-state index contributed by atoms with van der Waals surface area (Å²) >= 11 is 0. The molecule has 0 aliphatic carbocycles. The molecule has 0 heterocycles. The van der Waals surface area contributed by atoms with Gasteiger partial charge in [-0.25, -0.2) is 9.13 Å². The minimum atomic E-state index is -4.94. The molecule has 0 radical (unpaired) electrons. The van der Waals surface area contributed by atoms with Crippen molar-refractivity contribution < 1.29 is 80.2 Å². The van der Waals surface area contributed by atoms with Gasteiger partial charge in [-0.3, -0.25) is 37.3 Å². The number of rotatable bonds is 60. The Hall–Kier alpha value is -1.94. The molecule has 468 valence electrons. The lowest BCUT2D eigenvalue weighted by atomic mass is 10.00. The maximum Gasteiger partial charge on any atom is 0.472 e. The Morgan fingerprint density at radius 2 is 0.608 bits per heavy atom. The van der Waals surface area contributed by atoms with Gasteiger partial charge in [0.2, 0.25) is 0 Å². The second kappa shape index (κ2) is 54.0. The maximum absolute atomic E-state index is 12.9. The Kier molecular flexibility index (Phi) is 52.7. The van der Waals surface area contributed by atoms with Crippen molar-refractivity contribution in [1.29, 1.82) is 0 Å². The predicted molar refractivity (Wildman–Crippen MR) is 312 cm³/mol. The number of aliphatic hydroxyl groups is 1. The zero-order valence-electron chi connectivity index (χ0n) is 50.5. The van der Waals surface area contributed by atoms with Crippen molar-refractivity contribution in [3.63, 3.8) is 0 Å². The lowest BCUT2D eigenvalue weighted by Crippen LogP contribution is -2.30. The lowest BCUT2D eigenvalue weighted by Gasteiger charge is -2.21. The molecular formula is C60H116O17P2. The number of carbonyl (C=O) groups excluding carboxylic acids is 4. The van der Waals surface area contributed by atoms with Crippen molar-refractivity contribution in [2.24, 2.45) is 5.92 Å². The molecule has 19 heteroatoms. The summed E-state index contributed by atoms with van der Waals surface area (Å²) in [7, 11) is -9.87. The van der Waals surface area contributed by atoms with Crippen molar-refractivity contribution in [1.82, 2.24) is 0 Å². The van der Waals surface area contributed by atoms with Crippen LogP contribution in [0.4, 0.5) is 0 Å². The molecule has 0 rings (SSSR count). The van der Waals surface area contributed by atoms with Gasteiger partial charge in [0.05, 0.1) is 26.4 Å². The van der Waals surface area contributed by atoms with E-state index < -0.39 is 97.5 Å². The van der Waals surface area contributed by atoms with Crippen LogP contribution in [0.25, 0.3) is 0 Å².